The van der Waals surface area contributed by atoms with Crippen molar-refractivity contribution < 1.29 is 22.4 Å². The van der Waals surface area contributed by atoms with Gasteiger partial charge in [0.1, 0.15) is 11.5 Å². The Hall–Kier alpha value is -3.98. The van der Waals surface area contributed by atoms with E-state index in [0.29, 0.717) is 17.2 Å². The molecule has 0 bridgehead atoms. The minimum atomic E-state index is -4.77. The van der Waals surface area contributed by atoms with Crippen molar-refractivity contribution in [3.05, 3.63) is 102 Å². The first-order valence-electron chi connectivity index (χ1n) is 9.89. The number of hydrogen-bond acceptors (Lipinski definition) is 3. The fourth-order valence-electron chi connectivity index (χ4n) is 3.31. The number of nitrogens with two attached hydrogens (primary N) is 1. The van der Waals surface area contributed by atoms with Crippen LogP contribution in [0.2, 0.25) is 0 Å². The number of nitrogens with one attached hydrogen (secondary N) is 1. The lowest BCUT2D eigenvalue weighted by atomic mass is 10.1. The molecule has 1 heterocycles. The van der Waals surface area contributed by atoms with Gasteiger partial charge in [0.2, 0.25) is 0 Å². The Kier molecular flexibility index (Phi) is 5.97. The Balaban J connectivity index is 1.68. The van der Waals surface area contributed by atoms with E-state index in [0.717, 1.165) is 10.2 Å². The van der Waals surface area contributed by atoms with Crippen LogP contribution in [0.5, 0.6) is 0 Å². The first kappa shape index (κ1) is 22.2. The Morgan fingerprint density at radius 3 is 2.36 bits per heavy atom. The first-order valence-corrected chi connectivity index (χ1v) is 9.89. The molecule has 4 aromatic rings. The predicted octanol–water partition coefficient (Wildman–Crippen LogP) is 5.41. The average molecular weight is 454 g/mol. The topological polar surface area (TPSA) is 72.9 Å². The lowest BCUT2D eigenvalue weighted by Crippen LogP contribution is -2.18. The van der Waals surface area contributed by atoms with Gasteiger partial charge in [0.25, 0.3) is 5.91 Å². The molecule has 4 rings (SSSR count). The van der Waals surface area contributed by atoms with Crippen LogP contribution in [0.25, 0.3) is 16.8 Å². The van der Waals surface area contributed by atoms with Crippen LogP contribution in [0.15, 0.2) is 78.9 Å². The van der Waals surface area contributed by atoms with Crippen molar-refractivity contribution in [3.8, 4) is 16.8 Å². The molecule has 0 unspecified atom stereocenters. The second-order valence-corrected chi connectivity index (χ2v) is 7.21. The van der Waals surface area contributed by atoms with Gasteiger partial charge >= 0.3 is 6.18 Å². The first-order chi connectivity index (χ1) is 15.8. The summed E-state index contributed by atoms with van der Waals surface area (Å²) in [5, 5.41) is 5.90. The minimum Gasteiger partial charge on any atom is -0.326 e. The Morgan fingerprint density at radius 2 is 1.70 bits per heavy atom. The van der Waals surface area contributed by atoms with Crippen LogP contribution in [-0.2, 0) is 12.7 Å². The highest BCUT2D eigenvalue weighted by Crippen LogP contribution is 2.30. The maximum Gasteiger partial charge on any atom is 0.435 e. The van der Waals surface area contributed by atoms with E-state index in [1.807, 2.05) is 18.2 Å². The highest BCUT2D eigenvalue weighted by molar-refractivity contribution is 6.03. The molecule has 3 aromatic carbocycles. The molecule has 0 aliphatic heterocycles. The van der Waals surface area contributed by atoms with Gasteiger partial charge in [0, 0.05) is 12.6 Å². The molecule has 0 aliphatic carbocycles. The minimum absolute atomic E-state index is 0.155. The molecule has 0 aliphatic rings. The van der Waals surface area contributed by atoms with Gasteiger partial charge in [-0.1, -0.05) is 48.5 Å². The molecule has 0 radical (unpaired) electrons. The molecule has 0 saturated heterocycles. The Morgan fingerprint density at radius 1 is 0.939 bits per heavy atom. The normalized spacial score (nSPS) is 11.4. The lowest BCUT2D eigenvalue weighted by molar-refractivity contribution is -0.141. The number of aromatic nitrogens is 2. The maximum absolute atomic E-state index is 14.7. The molecule has 0 saturated carbocycles. The Bertz CT molecular complexity index is 1300. The molecule has 168 valence electrons. The summed E-state index contributed by atoms with van der Waals surface area (Å²) in [6.07, 6.45) is -4.77. The molecule has 1 amide bonds. The van der Waals surface area contributed by atoms with Crippen molar-refractivity contribution in [2.45, 2.75) is 12.7 Å². The van der Waals surface area contributed by atoms with Crippen molar-refractivity contribution >= 4 is 11.6 Å². The zero-order valence-corrected chi connectivity index (χ0v) is 17.1. The predicted molar refractivity (Wildman–Crippen MR) is 116 cm³/mol. The number of amides is 1. The molecule has 33 heavy (non-hydrogen) atoms. The van der Waals surface area contributed by atoms with E-state index in [9.17, 15) is 22.4 Å². The van der Waals surface area contributed by atoms with Crippen molar-refractivity contribution in [2.24, 2.45) is 5.73 Å². The molecule has 0 fully saturated rings. The van der Waals surface area contributed by atoms with Crippen LogP contribution in [0.1, 0.15) is 21.7 Å². The second kappa shape index (κ2) is 8.87. The van der Waals surface area contributed by atoms with Gasteiger partial charge in [-0.2, -0.15) is 18.3 Å². The van der Waals surface area contributed by atoms with Crippen LogP contribution >= 0.6 is 0 Å². The van der Waals surface area contributed by atoms with E-state index in [-0.39, 0.29) is 17.9 Å². The van der Waals surface area contributed by atoms with E-state index in [2.05, 4.69) is 10.4 Å². The van der Waals surface area contributed by atoms with Crippen molar-refractivity contribution in [1.82, 2.24) is 9.78 Å². The maximum atomic E-state index is 14.7. The highest BCUT2D eigenvalue weighted by atomic mass is 19.4. The van der Waals surface area contributed by atoms with Gasteiger partial charge in [0.15, 0.2) is 5.69 Å². The zero-order chi connectivity index (χ0) is 23.6. The number of carbonyl (C=O) groups is 1. The second-order valence-electron chi connectivity index (χ2n) is 7.21. The fourth-order valence-corrected chi connectivity index (χ4v) is 3.31. The third kappa shape index (κ3) is 4.78. The summed E-state index contributed by atoms with van der Waals surface area (Å²) < 4.78 is 55.5. The van der Waals surface area contributed by atoms with Gasteiger partial charge in [0.05, 0.1) is 11.4 Å². The van der Waals surface area contributed by atoms with Gasteiger partial charge in [-0.3, -0.25) is 4.79 Å². The largest absolute Gasteiger partial charge is 0.435 e. The van der Waals surface area contributed by atoms with Crippen molar-refractivity contribution in [1.29, 1.82) is 0 Å². The third-order valence-corrected chi connectivity index (χ3v) is 4.95. The number of rotatable bonds is 5. The lowest BCUT2D eigenvalue weighted by Gasteiger charge is -2.11. The van der Waals surface area contributed by atoms with Crippen LogP contribution in [0, 0.1) is 5.82 Å². The van der Waals surface area contributed by atoms with Crippen molar-refractivity contribution in [3.63, 3.8) is 0 Å². The van der Waals surface area contributed by atoms with Gasteiger partial charge in [-0.05, 0) is 41.0 Å². The summed E-state index contributed by atoms with van der Waals surface area (Å²) in [6, 6.07) is 20.2. The molecule has 0 atom stereocenters. The standard InChI is InChI=1S/C24H18F4N4O/c25-19-12-17(16-6-2-1-3-7-16)9-10-20(19)30-23(33)21-13-22(24(26,27)28)31-32(21)18-8-4-5-15(11-18)14-29/h1-13H,14,29H2,(H,30,33). The van der Waals surface area contributed by atoms with Crippen LogP contribution in [-0.4, -0.2) is 15.7 Å². The number of alkyl halides is 3. The van der Waals surface area contributed by atoms with Crippen LogP contribution < -0.4 is 11.1 Å². The molecule has 9 heteroatoms. The van der Waals surface area contributed by atoms with Gasteiger partial charge < -0.3 is 11.1 Å². The van der Waals surface area contributed by atoms with E-state index in [4.69, 9.17) is 5.73 Å². The van der Waals surface area contributed by atoms with E-state index in [1.165, 1.54) is 24.3 Å². The van der Waals surface area contributed by atoms with E-state index >= 15 is 0 Å². The highest BCUT2D eigenvalue weighted by Gasteiger charge is 2.36. The number of nitrogens with zero attached hydrogens (tertiary/aromatic N) is 2. The van der Waals surface area contributed by atoms with Crippen molar-refractivity contribution in [2.75, 3.05) is 5.32 Å². The van der Waals surface area contributed by atoms with E-state index < -0.39 is 29.3 Å². The summed E-state index contributed by atoms with van der Waals surface area (Å²) >= 11 is 0. The van der Waals surface area contributed by atoms with Gasteiger partial charge in [-0.25, -0.2) is 9.07 Å². The summed E-state index contributed by atoms with van der Waals surface area (Å²) in [7, 11) is 0. The van der Waals surface area contributed by atoms with Crippen LogP contribution in [0.4, 0.5) is 23.2 Å². The zero-order valence-electron chi connectivity index (χ0n) is 17.1. The monoisotopic (exact) mass is 454 g/mol. The summed E-state index contributed by atoms with van der Waals surface area (Å²) in [5.41, 5.74) is 6.03. The number of hydrogen-bond donors (Lipinski definition) is 2. The molecule has 3 N–H and O–H groups in total. The molecule has 0 spiro atoms. The van der Waals surface area contributed by atoms with Crippen LogP contribution in [0.3, 0.4) is 0 Å². The summed E-state index contributed by atoms with van der Waals surface area (Å²) in [5.74, 6) is -1.67. The quantitative estimate of drug-likeness (QED) is 0.396. The summed E-state index contributed by atoms with van der Waals surface area (Å²) in [6.45, 7) is 0.155. The SMILES string of the molecule is NCc1cccc(-n2nc(C(F)(F)F)cc2C(=O)Nc2ccc(-c3ccccc3)cc2F)c1. The number of anilines is 1. The number of benzene rings is 3. The summed E-state index contributed by atoms with van der Waals surface area (Å²) in [4.78, 5) is 12.9. The smallest absolute Gasteiger partial charge is 0.326 e. The number of halogens is 4. The molecular weight excluding hydrogens is 436 g/mol. The third-order valence-electron chi connectivity index (χ3n) is 4.95. The van der Waals surface area contributed by atoms with E-state index in [1.54, 1.807) is 30.3 Å². The molecular formula is C24H18F4N4O. The van der Waals surface area contributed by atoms with Gasteiger partial charge in [-0.15, -0.1) is 0 Å². The molecule has 5 nitrogen and oxygen atoms in total. The number of carbonyl (C=O) groups excluding carboxylic acids is 1. The molecule has 1 aromatic heterocycles. The Labute approximate surface area is 186 Å². The average Bonchev–Trinajstić information content (AvgIpc) is 3.27. The fraction of sp³-hybridized carbons (Fsp3) is 0.0833.